The van der Waals surface area contributed by atoms with Crippen molar-refractivity contribution in [2.75, 3.05) is 19.6 Å². The fourth-order valence-electron chi connectivity index (χ4n) is 2.24. The molecule has 4 N–H and O–H groups in total. The van der Waals surface area contributed by atoms with Crippen molar-refractivity contribution in [3.05, 3.63) is 0 Å². The molecule has 118 valence electrons. The van der Waals surface area contributed by atoms with E-state index in [2.05, 4.69) is 10.6 Å². The molecule has 2 rings (SSSR count). The Kier molecular flexibility index (Phi) is 4.79. The lowest BCUT2D eigenvalue weighted by atomic mass is 10.1. The zero-order valence-electron chi connectivity index (χ0n) is 12.3. The van der Waals surface area contributed by atoms with E-state index < -0.39 is 6.04 Å². The summed E-state index contributed by atoms with van der Waals surface area (Å²) < 4.78 is 5.56. The number of ether oxygens (including phenoxy) is 1. The number of nitrogens with zero attached hydrogens (tertiary/aromatic N) is 1. The number of carbonyl (C=O) groups is 3. The van der Waals surface area contributed by atoms with Gasteiger partial charge in [-0.05, 0) is 5.92 Å². The molecule has 2 saturated heterocycles. The number of hydrogen-bond acceptors (Lipinski definition) is 5. The summed E-state index contributed by atoms with van der Waals surface area (Å²) >= 11 is 0. The van der Waals surface area contributed by atoms with E-state index in [-0.39, 0.29) is 42.5 Å². The average Bonchev–Trinajstić information content (AvgIpc) is 2.78. The third-order valence-electron chi connectivity index (χ3n) is 3.74. The highest BCUT2D eigenvalue weighted by atomic mass is 16.5. The molecule has 21 heavy (non-hydrogen) atoms. The second-order valence-corrected chi connectivity index (χ2v) is 5.75. The second-order valence-electron chi connectivity index (χ2n) is 5.75. The molecule has 3 unspecified atom stereocenters. The van der Waals surface area contributed by atoms with E-state index in [1.807, 2.05) is 13.8 Å². The van der Waals surface area contributed by atoms with Gasteiger partial charge in [0.15, 0.2) is 0 Å². The maximum Gasteiger partial charge on any atom is 0.239 e. The number of carbonyl (C=O) groups excluding carboxylic acids is 3. The van der Waals surface area contributed by atoms with Gasteiger partial charge in [0.2, 0.25) is 17.7 Å². The monoisotopic (exact) mass is 298 g/mol. The van der Waals surface area contributed by atoms with Crippen molar-refractivity contribution in [2.45, 2.75) is 38.6 Å². The number of amides is 3. The Morgan fingerprint density at radius 3 is 2.71 bits per heavy atom. The summed E-state index contributed by atoms with van der Waals surface area (Å²) in [6.45, 7) is 4.40. The summed E-state index contributed by atoms with van der Waals surface area (Å²) in [5, 5.41) is 5.17. The van der Waals surface area contributed by atoms with Crippen molar-refractivity contribution in [1.82, 2.24) is 15.5 Å². The summed E-state index contributed by atoms with van der Waals surface area (Å²) in [4.78, 5) is 36.1. The lowest BCUT2D eigenvalue weighted by molar-refractivity contribution is -0.156. The lowest BCUT2D eigenvalue weighted by Crippen LogP contribution is -2.48. The third kappa shape index (κ3) is 3.70. The molecule has 0 saturated carbocycles. The molecular formula is C13H22N4O4. The van der Waals surface area contributed by atoms with Crippen LogP contribution in [-0.4, -0.2) is 60.6 Å². The Hall–Kier alpha value is -1.67. The summed E-state index contributed by atoms with van der Waals surface area (Å²) in [6.07, 6.45) is 0.121. The number of hydrogen-bond donors (Lipinski definition) is 3. The van der Waals surface area contributed by atoms with Crippen molar-refractivity contribution in [1.29, 1.82) is 0 Å². The molecule has 3 amide bonds. The van der Waals surface area contributed by atoms with Crippen LogP contribution in [-0.2, 0) is 19.1 Å². The highest BCUT2D eigenvalue weighted by Gasteiger charge is 2.45. The van der Waals surface area contributed by atoms with Gasteiger partial charge in [0, 0.05) is 6.54 Å². The van der Waals surface area contributed by atoms with Crippen LogP contribution in [0.4, 0.5) is 0 Å². The van der Waals surface area contributed by atoms with Crippen molar-refractivity contribution < 1.29 is 19.1 Å². The van der Waals surface area contributed by atoms with Crippen LogP contribution >= 0.6 is 0 Å². The van der Waals surface area contributed by atoms with Crippen LogP contribution in [0.25, 0.3) is 0 Å². The van der Waals surface area contributed by atoms with Crippen LogP contribution in [0.3, 0.4) is 0 Å². The molecule has 0 aromatic rings. The normalized spacial score (nSPS) is 25.3. The van der Waals surface area contributed by atoms with Gasteiger partial charge in [-0.1, -0.05) is 13.8 Å². The van der Waals surface area contributed by atoms with E-state index in [9.17, 15) is 14.4 Å². The van der Waals surface area contributed by atoms with E-state index in [4.69, 9.17) is 10.5 Å². The SMILES string of the molecule is CC(C)C(N)C(=O)NCC(=O)NCC1CN2C(=O)CC2O1. The quantitative estimate of drug-likeness (QED) is 0.499. The molecular weight excluding hydrogens is 276 g/mol. The van der Waals surface area contributed by atoms with Crippen molar-refractivity contribution in [3.8, 4) is 0 Å². The Labute approximate surface area is 123 Å². The molecule has 0 aromatic heterocycles. The van der Waals surface area contributed by atoms with Gasteiger partial charge in [0.25, 0.3) is 0 Å². The van der Waals surface area contributed by atoms with Gasteiger partial charge in [-0.15, -0.1) is 0 Å². The number of rotatable bonds is 6. The van der Waals surface area contributed by atoms with Crippen molar-refractivity contribution in [3.63, 3.8) is 0 Å². The van der Waals surface area contributed by atoms with Crippen molar-refractivity contribution >= 4 is 17.7 Å². The lowest BCUT2D eigenvalue weighted by Gasteiger charge is -2.31. The van der Waals surface area contributed by atoms with Gasteiger partial charge in [-0.3, -0.25) is 14.4 Å². The minimum atomic E-state index is -0.620. The number of nitrogens with two attached hydrogens (primary N) is 1. The largest absolute Gasteiger partial charge is 0.352 e. The smallest absolute Gasteiger partial charge is 0.239 e. The van der Waals surface area contributed by atoms with E-state index in [0.717, 1.165) is 0 Å². The van der Waals surface area contributed by atoms with Crippen LogP contribution in [0.15, 0.2) is 0 Å². The Bertz CT molecular complexity index is 440. The number of nitrogens with one attached hydrogen (secondary N) is 2. The highest BCUT2D eigenvalue weighted by molar-refractivity contribution is 5.87. The van der Waals surface area contributed by atoms with Crippen LogP contribution < -0.4 is 16.4 Å². The highest BCUT2D eigenvalue weighted by Crippen LogP contribution is 2.28. The van der Waals surface area contributed by atoms with Gasteiger partial charge in [-0.25, -0.2) is 0 Å². The Morgan fingerprint density at radius 1 is 1.43 bits per heavy atom. The van der Waals surface area contributed by atoms with Crippen LogP contribution in [0.5, 0.6) is 0 Å². The molecule has 2 fully saturated rings. The fraction of sp³-hybridized carbons (Fsp3) is 0.769. The predicted molar refractivity (Wildman–Crippen MR) is 73.8 cm³/mol. The standard InChI is InChI=1S/C13H22N4O4/c1-7(2)12(14)13(20)16-5-9(18)15-4-8-6-17-10(19)3-11(17)21-8/h7-8,11-12H,3-6,14H2,1-2H3,(H,15,18)(H,16,20). The fourth-order valence-corrected chi connectivity index (χ4v) is 2.24. The Balaban J connectivity index is 1.62. The molecule has 2 aliphatic heterocycles. The van der Waals surface area contributed by atoms with Gasteiger partial charge >= 0.3 is 0 Å². The Morgan fingerprint density at radius 2 is 2.14 bits per heavy atom. The summed E-state index contributed by atoms with van der Waals surface area (Å²) in [6, 6.07) is -0.620. The zero-order chi connectivity index (χ0) is 15.6. The third-order valence-corrected chi connectivity index (χ3v) is 3.74. The first-order valence-electron chi connectivity index (χ1n) is 7.13. The van der Waals surface area contributed by atoms with Crippen LogP contribution in [0.2, 0.25) is 0 Å². The van der Waals surface area contributed by atoms with Crippen LogP contribution in [0, 0.1) is 5.92 Å². The number of β-lactam (4-membered cyclic amide) rings is 1. The second kappa shape index (κ2) is 6.40. The molecule has 0 radical (unpaired) electrons. The first-order valence-corrected chi connectivity index (χ1v) is 7.13. The van der Waals surface area contributed by atoms with Crippen molar-refractivity contribution in [2.24, 2.45) is 11.7 Å². The summed E-state index contributed by atoms with van der Waals surface area (Å²) in [7, 11) is 0. The van der Waals surface area contributed by atoms with E-state index in [1.54, 1.807) is 4.90 Å². The molecule has 8 nitrogen and oxygen atoms in total. The van der Waals surface area contributed by atoms with E-state index in [1.165, 1.54) is 0 Å². The minimum Gasteiger partial charge on any atom is -0.352 e. The molecule has 0 aliphatic carbocycles. The number of fused-ring (bicyclic) bond motifs is 1. The molecule has 8 heteroatoms. The predicted octanol–water partition coefficient (Wildman–Crippen LogP) is -1.84. The van der Waals surface area contributed by atoms with E-state index in [0.29, 0.717) is 19.5 Å². The first-order chi connectivity index (χ1) is 9.88. The van der Waals surface area contributed by atoms with Gasteiger partial charge in [-0.2, -0.15) is 0 Å². The zero-order valence-corrected chi connectivity index (χ0v) is 12.3. The molecule has 0 bridgehead atoms. The molecule has 0 aromatic carbocycles. The first kappa shape index (κ1) is 15.7. The summed E-state index contributed by atoms with van der Waals surface area (Å²) in [5.74, 6) is -0.540. The van der Waals surface area contributed by atoms with Gasteiger partial charge < -0.3 is 26.0 Å². The molecule has 0 spiro atoms. The average molecular weight is 298 g/mol. The van der Waals surface area contributed by atoms with E-state index >= 15 is 0 Å². The maximum absolute atomic E-state index is 11.6. The van der Waals surface area contributed by atoms with Crippen LogP contribution in [0.1, 0.15) is 20.3 Å². The molecule has 3 atom stereocenters. The maximum atomic E-state index is 11.6. The van der Waals surface area contributed by atoms with Gasteiger partial charge in [0.05, 0.1) is 31.7 Å². The molecule has 2 heterocycles. The minimum absolute atomic E-state index is 0.0158. The molecule has 2 aliphatic rings. The topological polar surface area (TPSA) is 114 Å². The summed E-state index contributed by atoms with van der Waals surface area (Å²) in [5.41, 5.74) is 5.67. The van der Waals surface area contributed by atoms with Gasteiger partial charge in [0.1, 0.15) is 6.23 Å².